The molecule has 0 saturated carbocycles. The van der Waals surface area contributed by atoms with Gasteiger partial charge in [0.15, 0.2) is 9.84 Å². The van der Waals surface area contributed by atoms with Crippen molar-refractivity contribution in [1.29, 1.82) is 0 Å². The summed E-state index contributed by atoms with van der Waals surface area (Å²) in [6.07, 6.45) is 5.03. The molecule has 18 heavy (non-hydrogen) atoms. The van der Waals surface area contributed by atoms with Gasteiger partial charge in [-0.05, 0) is 37.0 Å². The number of carbonyl (C=O) groups excluding carboxylic acids is 1. The molecular formula is C14H20O3S. The smallest absolute Gasteiger partial charge is 0.175 e. The van der Waals surface area contributed by atoms with Gasteiger partial charge in [0.25, 0.3) is 0 Å². The van der Waals surface area contributed by atoms with Crippen LogP contribution in [0.3, 0.4) is 0 Å². The van der Waals surface area contributed by atoms with Crippen LogP contribution in [0.4, 0.5) is 0 Å². The second-order valence-corrected chi connectivity index (χ2v) is 6.57. The molecule has 0 aliphatic heterocycles. The molecular weight excluding hydrogens is 248 g/mol. The Balaban J connectivity index is 2.47. The summed E-state index contributed by atoms with van der Waals surface area (Å²) in [4.78, 5) is 11.7. The Bertz CT molecular complexity index is 486. The van der Waals surface area contributed by atoms with Crippen molar-refractivity contribution in [2.75, 3.05) is 6.26 Å². The lowest BCUT2D eigenvalue weighted by Crippen LogP contribution is -1.99. The number of sulfone groups is 1. The molecule has 0 unspecified atom stereocenters. The quantitative estimate of drug-likeness (QED) is 0.764. The van der Waals surface area contributed by atoms with Gasteiger partial charge in [-0.1, -0.05) is 19.1 Å². The molecule has 100 valence electrons. The molecule has 1 aromatic carbocycles. The van der Waals surface area contributed by atoms with Crippen LogP contribution in [0.5, 0.6) is 0 Å². The van der Waals surface area contributed by atoms with E-state index in [1.54, 1.807) is 12.1 Å². The number of hydrogen-bond donors (Lipinski definition) is 0. The molecule has 0 atom stereocenters. The molecule has 0 aliphatic rings. The first-order valence-electron chi connectivity index (χ1n) is 6.24. The maximum Gasteiger partial charge on any atom is 0.175 e. The maximum absolute atomic E-state index is 11.3. The third-order valence-corrected chi connectivity index (χ3v) is 3.93. The standard InChI is InChI=1S/C14H20O3S/c1-3-5-13(15)7-4-6-12-8-10-14(11-9-12)18(2,16)17/h8-11H,3-7H2,1-2H3. The fraction of sp³-hybridized carbons (Fsp3) is 0.500. The van der Waals surface area contributed by atoms with Crippen molar-refractivity contribution in [1.82, 2.24) is 0 Å². The Hall–Kier alpha value is -1.16. The SMILES string of the molecule is CCCC(=O)CCCc1ccc(S(C)(=O)=O)cc1. The van der Waals surface area contributed by atoms with Gasteiger partial charge in [-0.15, -0.1) is 0 Å². The van der Waals surface area contributed by atoms with Crippen LogP contribution < -0.4 is 0 Å². The third-order valence-electron chi connectivity index (χ3n) is 2.80. The van der Waals surface area contributed by atoms with Gasteiger partial charge in [-0.2, -0.15) is 0 Å². The van der Waals surface area contributed by atoms with E-state index in [-0.39, 0.29) is 0 Å². The first kappa shape index (κ1) is 14.9. The van der Waals surface area contributed by atoms with E-state index in [1.807, 2.05) is 19.1 Å². The average molecular weight is 268 g/mol. The van der Waals surface area contributed by atoms with E-state index in [9.17, 15) is 13.2 Å². The minimum atomic E-state index is -3.11. The zero-order valence-corrected chi connectivity index (χ0v) is 11.8. The molecule has 0 N–H and O–H groups in total. The summed E-state index contributed by atoms with van der Waals surface area (Å²) in [5.41, 5.74) is 1.08. The molecule has 0 aliphatic carbocycles. The van der Waals surface area contributed by atoms with Crippen LogP contribution in [-0.4, -0.2) is 20.5 Å². The zero-order chi connectivity index (χ0) is 13.6. The molecule has 3 nitrogen and oxygen atoms in total. The number of aryl methyl sites for hydroxylation is 1. The lowest BCUT2D eigenvalue weighted by Gasteiger charge is -2.03. The zero-order valence-electron chi connectivity index (χ0n) is 11.0. The molecule has 0 radical (unpaired) electrons. The monoisotopic (exact) mass is 268 g/mol. The summed E-state index contributed by atoms with van der Waals surface area (Å²) in [5, 5.41) is 0. The van der Waals surface area contributed by atoms with Gasteiger partial charge in [-0.3, -0.25) is 4.79 Å². The first-order valence-corrected chi connectivity index (χ1v) is 8.13. The van der Waals surface area contributed by atoms with Gasteiger partial charge in [0, 0.05) is 19.1 Å². The number of ketones is 1. The fourth-order valence-electron chi connectivity index (χ4n) is 1.80. The summed E-state index contributed by atoms with van der Waals surface area (Å²) >= 11 is 0. The Morgan fingerprint density at radius 2 is 1.72 bits per heavy atom. The Kier molecular flexibility index (Phi) is 5.54. The van der Waals surface area contributed by atoms with Crippen molar-refractivity contribution in [3.63, 3.8) is 0 Å². The van der Waals surface area contributed by atoms with Crippen LogP contribution in [0.2, 0.25) is 0 Å². The minimum Gasteiger partial charge on any atom is -0.300 e. The predicted octanol–water partition coefficient (Wildman–Crippen LogP) is 2.78. The average Bonchev–Trinajstić information content (AvgIpc) is 2.29. The highest BCUT2D eigenvalue weighted by molar-refractivity contribution is 7.90. The second kappa shape index (κ2) is 6.69. The lowest BCUT2D eigenvalue weighted by atomic mass is 10.1. The van der Waals surface area contributed by atoms with Gasteiger partial charge in [0.1, 0.15) is 5.78 Å². The molecule has 0 spiro atoms. The van der Waals surface area contributed by atoms with Crippen LogP contribution in [0.25, 0.3) is 0 Å². The van der Waals surface area contributed by atoms with Gasteiger partial charge in [0.2, 0.25) is 0 Å². The van der Waals surface area contributed by atoms with Crippen LogP contribution in [0.15, 0.2) is 29.2 Å². The summed E-state index contributed by atoms with van der Waals surface area (Å²) in [6.45, 7) is 2.00. The molecule has 0 bridgehead atoms. The summed E-state index contributed by atoms with van der Waals surface area (Å²) < 4.78 is 22.5. The summed E-state index contributed by atoms with van der Waals surface area (Å²) in [5.74, 6) is 0.310. The van der Waals surface area contributed by atoms with Crippen molar-refractivity contribution < 1.29 is 13.2 Å². The van der Waals surface area contributed by atoms with Crippen molar-refractivity contribution in [3.8, 4) is 0 Å². The van der Waals surface area contributed by atoms with Crippen LogP contribution in [-0.2, 0) is 21.1 Å². The largest absolute Gasteiger partial charge is 0.300 e. The van der Waals surface area contributed by atoms with Crippen LogP contribution in [0.1, 0.15) is 38.2 Å². The van der Waals surface area contributed by atoms with E-state index < -0.39 is 9.84 Å². The Morgan fingerprint density at radius 1 is 1.11 bits per heavy atom. The van der Waals surface area contributed by atoms with Crippen molar-refractivity contribution in [2.24, 2.45) is 0 Å². The first-order chi connectivity index (χ1) is 8.43. The van der Waals surface area contributed by atoms with Crippen molar-refractivity contribution in [2.45, 2.75) is 43.9 Å². The van der Waals surface area contributed by atoms with Crippen LogP contribution in [0, 0.1) is 0 Å². The fourth-order valence-corrected chi connectivity index (χ4v) is 2.43. The number of benzene rings is 1. The summed E-state index contributed by atoms with van der Waals surface area (Å²) in [7, 11) is -3.11. The number of hydrogen-bond acceptors (Lipinski definition) is 3. The molecule has 0 fully saturated rings. The van der Waals surface area contributed by atoms with Crippen molar-refractivity contribution in [3.05, 3.63) is 29.8 Å². The second-order valence-electron chi connectivity index (χ2n) is 4.56. The molecule has 4 heteroatoms. The van der Waals surface area contributed by atoms with E-state index in [0.29, 0.717) is 23.5 Å². The van der Waals surface area contributed by atoms with E-state index in [0.717, 1.165) is 24.8 Å². The lowest BCUT2D eigenvalue weighted by molar-refractivity contribution is -0.119. The van der Waals surface area contributed by atoms with Crippen LogP contribution >= 0.6 is 0 Å². The highest BCUT2D eigenvalue weighted by Crippen LogP contribution is 2.12. The molecule has 0 aromatic heterocycles. The molecule has 0 amide bonds. The molecule has 0 saturated heterocycles. The number of Topliss-reactive ketones (excluding diaryl/α,β-unsaturated/α-hetero) is 1. The van der Waals surface area contributed by atoms with Gasteiger partial charge < -0.3 is 0 Å². The van der Waals surface area contributed by atoms with Crippen molar-refractivity contribution >= 4 is 15.6 Å². The minimum absolute atomic E-state index is 0.310. The normalized spacial score (nSPS) is 11.4. The number of carbonyl (C=O) groups is 1. The maximum atomic E-state index is 11.3. The highest BCUT2D eigenvalue weighted by Gasteiger charge is 2.06. The number of rotatable bonds is 7. The third kappa shape index (κ3) is 5.00. The van der Waals surface area contributed by atoms with E-state index >= 15 is 0 Å². The Morgan fingerprint density at radius 3 is 2.22 bits per heavy atom. The Labute approximate surface area is 109 Å². The van der Waals surface area contributed by atoms with E-state index in [2.05, 4.69) is 0 Å². The van der Waals surface area contributed by atoms with Gasteiger partial charge >= 0.3 is 0 Å². The van der Waals surface area contributed by atoms with E-state index in [4.69, 9.17) is 0 Å². The predicted molar refractivity (Wildman–Crippen MR) is 72.4 cm³/mol. The van der Waals surface area contributed by atoms with Gasteiger partial charge in [-0.25, -0.2) is 8.42 Å². The summed E-state index contributed by atoms with van der Waals surface area (Å²) in [6, 6.07) is 6.89. The molecule has 1 aromatic rings. The molecule has 1 rings (SSSR count). The van der Waals surface area contributed by atoms with Gasteiger partial charge in [0.05, 0.1) is 4.90 Å². The highest BCUT2D eigenvalue weighted by atomic mass is 32.2. The topological polar surface area (TPSA) is 51.2 Å². The van der Waals surface area contributed by atoms with E-state index in [1.165, 1.54) is 6.26 Å². The molecule has 0 heterocycles.